The Morgan fingerprint density at radius 2 is 2.35 bits per heavy atom. The van der Waals surface area contributed by atoms with Crippen molar-refractivity contribution in [3.05, 3.63) is 47.3 Å². The van der Waals surface area contributed by atoms with Crippen LogP contribution in [0, 0.1) is 12.7 Å². The molecule has 0 aliphatic carbocycles. The molecule has 2 N–H and O–H groups in total. The summed E-state index contributed by atoms with van der Waals surface area (Å²) in [5.41, 5.74) is 0.522. The van der Waals surface area contributed by atoms with Crippen molar-refractivity contribution in [2.24, 2.45) is 0 Å². The van der Waals surface area contributed by atoms with Gasteiger partial charge < -0.3 is 19.8 Å². The standard InChI is InChI=1S/C16H18FN3O3/c1-10-8-18-15(19-10)16(5-6-23-9-16)20-14(21)11-3-4-12(17)13(7-11)22-2/h3-4,7-8H,5-6,9H2,1-2H3,(H,18,19)(H,20,21). The normalized spacial score (nSPS) is 20.5. The molecule has 0 bridgehead atoms. The minimum Gasteiger partial charge on any atom is -0.494 e. The highest BCUT2D eigenvalue weighted by molar-refractivity contribution is 5.95. The van der Waals surface area contributed by atoms with Gasteiger partial charge in [-0.25, -0.2) is 9.37 Å². The van der Waals surface area contributed by atoms with Crippen molar-refractivity contribution in [2.75, 3.05) is 20.3 Å². The van der Waals surface area contributed by atoms with Crippen LogP contribution in [0.4, 0.5) is 4.39 Å². The van der Waals surface area contributed by atoms with Crippen LogP contribution in [0.5, 0.6) is 5.75 Å². The number of benzene rings is 1. The molecule has 122 valence electrons. The van der Waals surface area contributed by atoms with Gasteiger partial charge in [0, 0.05) is 30.5 Å². The summed E-state index contributed by atoms with van der Waals surface area (Å²) in [7, 11) is 1.36. The van der Waals surface area contributed by atoms with E-state index in [1.165, 1.54) is 25.3 Å². The molecule has 1 amide bonds. The molecular formula is C16H18FN3O3. The van der Waals surface area contributed by atoms with E-state index in [9.17, 15) is 9.18 Å². The Balaban J connectivity index is 1.87. The van der Waals surface area contributed by atoms with Crippen LogP contribution in [0.3, 0.4) is 0 Å². The average molecular weight is 319 g/mol. The number of carbonyl (C=O) groups excluding carboxylic acids is 1. The van der Waals surface area contributed by atoms with Crippen molar-refractivity contribution in [3.8, 4) is 5.75 Å². The van der Waals surface area contributed by atoms with E-state index in [4.69, 9.17) is 9.47 Å². The Morgan fingerprint density at radius 1 is 1.52 bits per heavy atom. The molecule has 1 aliphatic heterocycles. The number of aromatic amines is 1. The highest BCUT2D eigenvalue weighted by Crippen LogP contribution is 2.29. The predicted octanol–water partition coefficient (Wildman–Crippen LogP) is 1.91. The molecule has 6 nitrogen and oxygen atoms in total. The number of methoxy groups -OCH3 is 1. The highest BCUT2D eigenvalue weighted by Gasteiger charge is 2.41. The number of nitrogens with one attached hydrogen (secondary N) is 2. The summed E-state index contributed by atoms with van der Waals surface area (Å²) < 4.78 is 23.9. The number of halogens is 1. The zero-order valence-electron chi connectivity index (χ0n) is 13.0. The number of hydrogen-bond donors (Lipinski definition) is 2. The fourth-order valence-corrected chi connectivity index (χ4v) is 2.66. The van der Waals surface area contributed by atoms with Gasteiger partial charge >= 0.3 is 0 Å². The van der Waals surface area contributed by atoms with Crippen LogP contribution in [0.15, 0.2) is 24.4 Å². The first-order valence-corrected chi connectivity index (χ1v) is 7.30. The van der Waals surface area contributed by atoms with Crippen molar-refractivity contribution in [3.63, 3.8) is 0 Å². The lowest BCUT2D eigenvalue weighted by Gasteiger charge is -2.26. The van der Waals surface area contributed by atoms with Gasteiger partial charge in [-0.3, -0.25) is 4.79 Å². The van der Waals surface area contributed by atoms with Crippen LogP contribution >= 0.6 is 0 Å². The van der Waals surface area contributed by atoms with Crippen LogP contribution in [0.2, 0.25) is 0 Å². The van der Waals surface area contributed by atoms with Gasteiger partial charge in [0.2, 0.25) is 0 Å². The van der Waals surface area contributed by atoms with E-state index in [0.29, 0.717) is 31.0 Å². The highest BCUT2D eigenvalue weighted by atomic mass is 19.1. The van der Waals surface area contributed by atoms with E-state index >= 15 is 0 Å². The van der Waals surface area contributed by atoms with Crippen molar-refractivity contribution < 1.29 is 18.7 Å². The molecule has 0 radical (unpaired) electrons. The summed E-state index contributed by atoms with van der Waals surface area (Å²) in [5, 5.41) is 2.97. The van der Waals surface area contributed by atoms with E-state index in [-0.39, 0.29) is 11.7 Å². The van der Waals surface area contributed by atoms with Gasteiger partial charge in [0.05, 0.1) is 13.7 Å². The summed E-state index contributed by atoms with van der Waals surface area (Å²) in [4.78, 5) is 20.1. The largest absolute Gasteiger partial charge is 0.494 e. The van der Waals surface area contributed by atoms with Crippen molar-refractivity contribution in [1.82, 2.24) is 15.3 Å². The minimum atomic E-state index is -0.701. The van der Waals surface area contributed by atoms with Gasteiger partial charge in [0.1, 0.15) is 11.4 Å². The monoisotopic (exact) mass is 319 g/mol. The molecule has 1 aromatic carbocycles. The number of carbonyl (C=O) groups is 1. The number of ether oxygens (including phenoxy) is 2. The SMILES string of the molecule is COc1cc(C(=O)NC2(c3ncc(C)[nH]3)CCOC2)ccc1F. The Labute approximate surface area is 133 Å². The molecule has 3 rings (SSSR count). The van der Waals surface area contributed by atoms with Crippen LogP contribution in [-0.2, 0) is 10.3 Å². The van der Waals surface area contributed by atoms with Gasteiger partial charge in [-0.1, -0.05) is 0 Å². The lowest BCUT2D eigenvalue weighted by atomic mass is 9.97. The molecule has 7 heteroatoms. The number of imidazole rings is 1. The summed E-state index contributed by atoms with van der Waals surface area (Å²) in [6, 6.07) is 4.01. The van der Waals surface area contributed by atoms with E-state index in [0.717, 1.165) is 5.69 Å². The Morgan fingerprint density at radius 3 is 2.96 bits per heavy atom. The molecule has 1 aromatic heterocycles. The Bertz CT molecular complexity index is 723. The topological polar surface area (TPSA) is 76.2 Å². The Hall–Kier alpha value is -2.41. The number of rotatable bonds is 4. The average Bonchev–Trinajstić information content (AvgIpc) is 3.17. The van der Waals surface area contributed by atoms with Crippen LogP contribution in [-0.4, -0.2) is 36.2 Å². The van der Waals surface area contributed by atoms with Crippen LogP contribution in [0.25, 0.3) is 0 Å². The minimum absolute atomic E-state index is 0.0308. The van der Waals surface area contributed by atoms with Crippen molar-refractivity contribution >= 4 is 5.91 Å². The summed E-state index contributed by atoms with van der Waals surface area (Å²) >= 11 is 0. The van der Waals surface area contributed by atoms with Crippen LogP contribution < -0.4 is 10.1 Å². The second-order valence-corrected chi connectivity index (χ2v) is 5.60. The number of nitrogens with zero attached hydrogens (tertiary/aromatic N) is 1. The fraction of sp³-hybridized carbons (Fsp3) is 0.375. The van der Waals surface area contributed by atoms with Crippen LogP contribution in [0.1, 0.15) is 28.3 Å². The molecule has 0 saturated carbocycles. The first-order valence-electron chi connectivity index (χ1n) is 7.30. The van der Waals surface area contributed by atoms with E-state index in [1.807, 2.05) is 6.92 Å². The lowest BCUT2D eigenvalue weighted by molar-refractivity contribution is 0.0869. The predicted molar refractivity (Wildman–Crippen MR) is 80.9 cm³/mol. The summed E-state index contributed by atoms with van der Waals surface area (Å²) in [6.07, 6.45) is 2.33. The maximum Gasteiger partial charge on any atom is 0.252 e. The lowest BCUT2D eigenvalue weighted by Crippen LogP contribution is -2.47. The first kappa shape index (κ1) is 15.5. The number of amides is 1. The van der Waals surface area contributed by atoms with Gasteiger partial charge in [-0.05, 0) is 25.1 Å². The molecule has 1 atom stereocenters. The number of H-pyrrole nitrogens is 1. The number of hydrogen-bond acceptors (Lipinski definition) is 4. The molecule has 23 heavy (non-hydrogen) atoms. The molecule has 1 saturated heterocycles. The molecule has 1 unspecified atom stereocenters. The molecule has 0 spiro atoms. The molecule has 2 aromatic rings. The maximum absolute atomic E-state index is 13.5. The fourth-order valence-electron chi connectivity index (χ4n) is 2.66. The van der Waals surface area contributed by atoms with E-state index < -0.39 is 11.4 Å². The van der Waals surface area contributed by atoms with Gasteiger partial charge in [0.15, 0.2) is 11.6 Å². The second kappa shape index (κ2) is 6.00. The van der Waals surface area contributed by atoms with E-state index in [2.05, 4.69) is 15.3 Å². The first-order chi connectivity index (χ1) is 11.0. The second-order valence-electron chi connectivity index (χ2n) is 5.60. The molecule has 2 heterocycles. The Kier molecular flexibility index (Phi) is 4.04. The third kappa shape index (κ3) is 2.92. The smallest absolute Gasteiger partial charge is 0.252 e. The van der Waals surface area contributed by atoms with Gasteiger partial charge in [0.25, 0.3) is 5.91 Å². The molecule has 1 aliphatic rings. The van der Waals surface area contributed by atoms with Crippen molar-refractivity contribution in [2.45, 2.75) is 18.9 Å². The third-order valence-electron chi connectivity index (χ3n) is 3.94. The number of aryl methyl sites for hydroxylation is 1. The van der Waals surface area contributed by atoms with Crippen molar-refractivity contribution in [1.29, 1.82) is 0 Å². The van der Waals surface area contributed by atoms with Gasteiger partial charge in [-0.2, -0.15) is 0 Å². The third-order valence-corrected chi connectivity index (χ3v) is 3.94. The zero-order valence-corrected chi connectivity index (χ0v) is 13.0. The summed E-state index contributed by atoms with van der Waals surface area (Å²) in [5.74, 6) is -0.148. The molecule has 1 fully saturated rings. The van der Waals surface area contributed by atoms with Gasteiger partial charge in [-0.15, -0.1) is 0 Å². The summed E-state index contributed by atoms with van der Waals surface area (Å²) in [6.45, 7) is 2.77. The maximum atomic E-state index is 13.5. The zero-order chi connectivity index (χ0) is 16.4. The number of aromatic nitrogens is 2. The van der Waals surface area contributed by atoms with E-state index in [1.54, 1.807) is 6.20 Å². The molecular weight excluding hydrogens is 301 g/mol. The quantitative estimate of drug-likeness (QED) is 0.902.